The summed E-state index contributed by atoms with van der Waals surface area (Å²) in [6.45, 7) is 9.82. The fourth-order valence-electron chi connectivity index (χ4n) is 2.99. The van der Waals surface area contributed by atoms with E-state index < -0.39 is 0 Å². The molecule has 1 heterocycles. The van der Waals surface area contributed by atoms with Gasteiger partial charge in [-0.3, -0.25) is 9.48 Å². The lowest BCUT2D eigenvalue weighted by molar-refractivity contribution is -0.121. The van der Waals surface area contributed by atoms with Crippen molar-refractivity contribution in [2.45, 2.75) is 53.1 Å². The molecule has 0 saturated carbocycles. The van der Waals surface area contributed by atoms with Crippen molar-refractivity contribution in [2.24, 2.45) is 11.7 Å². The molecule has 2 rings (SSSR count). The summed E-state index contributed by atoms with van der Waals surface area (Å²) in [5.74, 6) is 0.579. The minimum absolute atomic E-state index is 0.0294. The molecule has 136 valence electrons. The molecule has 3 N–H and O–H groups in total. The molecular formula is C20H30N4O. The molecule has 0 aliphatic heterocycles. The zero-order valence-electron chi connectivity index (χ0n) is 15.7. The third kappa shape index (κ3) is 5.43. The number of aryl methyl sites for hydroxylation is 1. The molecule has 1 aromatic carbocycles. The summed E-state index contributed by atoms with van der Waals surface area (Å²) in [7, 11) is 0. The molecule has 1 amide bonds. The Balaban J connectivity index is 1.85. The number of amides is 1. The zero-order chi connectivity index (χ0) is 18.4. The normalized spacial score (nSPS) is 12.4. The largest absolute Gasteiger partial charge is 0.354 e. The fourth-order valence-corrected chi connectivity index (χ4v) is 2.99. The van der Waals surface area contributed by atoms with Crippen molar-refractivity contribution in [1.82, 2.24) is 15.1 Å². The molecular weight excluding hydrogens is 312 g/mol. The van der Waals surface area contributed by atoms with Gasteiger partial charge in [-0.15, -0.1) is 0 Å². The summed E-state index contributed by atoms with van der Waals surface area (Å²) in [4.78, 5) is 12.2. The maximum Gasteiger partial charge on any atom is 0.220 e. The predicted molar refractivity (Wildman–Crippen MR) is 101 cm³/mol. The molecule has 5 heteroatoms. The van der Waals surface area contributed by atoms with Gasteiger partial charge in [0.2, 0.25) is 5.91 Å². The molecule has 1 aromatic heterocycles. The summed E-state index contributed by atoms with van der Waals surface area (Å²) < 4.78 is 2.05. The van der Waals surface area contributed by atoms with Crippen molar-refractivity contribution in [3.05, 3.63) is 52.8 Å². The van der Waals surface area contributed by atoms with E-state index in [9.17, 15) is 4.79 Å². The van der Waals surface area contributed by atoms with Crippen molar-refractivity contribution in [3.8, 4) is 0 Å². The van der Waals surface area contributed by atoms with Crippen molar-refractivity contribution < 1.29 is 4.79 Å². The number of benzene rings is 1. The highest BCUT2D eigenvalue weighted by molar-refractivity contribution is 5.76. The number of aromatic nitrogens is 2. The van der Waals surface area contributed by atoms with E-state index in [0.29, 0.717) is 25.3 Å². The van der Waals surface area contributed by atoms with Crippen molar-refractivity contribution >= 4 is 5.91 Å². The first kappa shape index (κ1) is 19.2. The maximum atomic E-state index is 12.2. The van der Waals surface area contributed by atoms with E-state index in [-0.39, 0.29) is 11.9 Å². The van der Waals surface area contributed by atoms with E-state index in [4.69, 9.17) is 5.73 Å². The van der Waals surface area contributed by atoms with Crippen molar-refractivity contribution in [3.63, 3.8) is 0 Å². The number of nitrogens with zero attached hydrogens (tertiary/aromatic N) is 2. The Morgan fingerprint density at radius 3 is 2.56 bits per heavy atom. The van der Waals surface area contributed by atoms with Gasteiger partial charge in [0.25, 0.3) is 0 Å². The van der Waals surface area contributed by atoms with Gasteiger partial charge in [-0.05, 0) is 37.3 Å². The Kier molecular flexibility index (Phi) is 6.76. The van der Waals surface area contributed by atoms with Crippen LogP contribution in [-0.2, 0) is 17.8 Å². The molecule has 0 fully saturated rings. The molecule has 2 aromatic rings. The lowest BCUT2D eigenvalue weighted by Gasteiger charge is -2.13. The molecule has 1 unspecified atom stereocenters. The van der Waals surface area contributed by atoms with Gasteiger partial charge in [0.1, 0.15) is 0 Å². The molecule has 0 aliphatic rings. The standard InChI is InChI=1S/C20H30N4O/c1-14(2)13-24-16(4)18(15(3)23-24)10-11-20(25)22-12-19(21)17-8-6-5-7-9-17/h5-9,14,19H,10-13,21H2,1-4H3,(H,22,25). The van der Waals surface area contributed by atoms with Gasteiger partial charge in [0.15, 0.2) is 0 Å². The summed E-state index contributed by atoms with van der Waals surface area (Å²) in [5, 5.41) is 7.55. The van der Waals surface area contributed by atoms with Gasteiger partial charge in [0, 0.05) is 31.2 Å². The number of carbonyl (C=O) groups excluding carboxylic acids is 1. The SMILES string of the molecule is Cc1nn(CC(C)C)c(C)c1CCC(=O)NCC(N)c1ccccc1. The Hall–Kier alpha value is -2.14. The molecule has 0 spiro atoms. The molecule has 0 saturated heterocycles. The van der Waals surface area contributed by atoms with Gasteiger partial charge in [-0.2, -0.15) is 5.10 Å². The highest BCUT2D eigenvalue weighted by Gasteiger charge is 2.14. The van der Waals surface area contributed by atoms with E-state index in [0.717, 1.165) is 17.8 Å². The molecule has 25 heavy (non-hydrogen) atoms. The fraction of sp³-hybridized carbons (Fsp3) is 0.500. The van der Waals surface area contributed by atoms with Crippen molar-refractivity contribution in [1.29, 1.82) is 0 Å². The first-order valence-corrected chi connectivity index (χ1v) is 8.98. The predicted octanol–water partition coefficient (Wildman–Crippen LogP) is 2.90. The van der Waals surface area contributed by atoms with Crippen LogP contribution in [0, 0.1) is 19.8 Å². The second-order valence-corrected chi connectivity index (χ2v) is 7.05. The lowest BCUT2D eigenvalue weighted by atomic mass is 10.1. The van der Waals surface area contributed by atoms with Gasteiger partial charge in [-0.25, -0.2) is 0 Å². The van der Waals surface area contributed by atoms with E-state index in [2.05, 4.69) is 35.9 Å². The van der Waals surface area contributed by atoms with E-state index in [1.54, 1.807) is 0 Å². The average Bonchev–Trinajstić information content (AvgIpc) is 2.84. The van der Waals surface area contributed by atoms with Gasteiger partial charge >= 0.3 is 0 Å². The van der Waals surface area contributed by atoms with E-state index in [1.807, 2.05) is 37.3 Å². The van der Waals surface area contributed by atoms with Crippen LogP contribution >= 0.6 is 0 Å². The number of hydrogen-bond donors (Lipinski definition) is 2. The Morgan fingerprint density at radius 1 is 1.24 bits per heavy atom. The number of carbonyl (C=O) groups is 1. The van der Waals surface area contributed by atoms with Gasteiger partial charge in [-0.1, -0.05) is 44.2 Å². The first-order valence-electron chi connectivity index (χ1n) is 8.98. The third-order valence-electron chi connectivity index (χ3n) is 4.42. The summed E-state index contributed by atoms with van der Waals surface area (Å²) in [5.41, 5.74) is 10.5. The highest BCUT2D eigenvalue weighted by Crippen LogP contribution is 2.16. The minimum atomic E-state index is -0.178. The summed E-state index contributed by atoms with van der Waals surface area (Å²) in [6, 6.07) is 9.65. The topological polar surface area (TPSA) is 72.9 Å². The zero-order valence-corrected chi connectivity index (χ0v) is 15.7. The van der Waals surface area contributed by atoms with Gasteiger partial charge in [0.05, 0.1) is 5.69 Å². The molecule has 0 bridgehead atoms. The van der Waals surface area contributed by atoms with Crippen LogP contribution < -0.4 is 11.1 Å². The van der Waals surface area contributed by atoms with E-state index >= 15 is 0 Å². The first-order chi connectivity index (χ1) is 11.9. The van der Waals surface area contributed by atoms with Crippen molar-refractivity contribution in [2.75, 3.05) is 6.54 Å². The van der Waals surface area contributed by atoms with Crippen LogP contribution in [-0.4, -0.2) is 22.2 Å². The second kappa shape index (κ2) is 8.81. The van der Waals surface area contributed by atoms with Crippen LogP contribution in [0.15, 0.2) is 30.3 Å². The molecule has 5 nitrogen and oxygen atoms in total. The van der Waals surface area contributed by atoms with Gasteiger partial charge < -0.3 is 11.1 Å². The lowest BCUT2D eigenvalue weighted by Crippen LogP contribution is -2.32. The summed E-state index contributed by atoms with van der Waals surface area (Å²) >= 11 is 0. The Bertz CT molecular complexity index is 691. The quantitative estimate of drug-likeness (QED) is 0.775. The third-order valence-corrected chi connectivity index (χ3v) is 4.42. The maximum absolute atomic E-state index is 12.2. The van der Waals surface area contributed by atoms with Crippen LogP contribution in [0.25, 0.3) is 0 Å². The molecule has 0 aliphatic carbocycles. The highest BCUT2D eigenvalue weighted by atomic mass is 16.1. The average molecular weight is 342 g/mol. The Labute approximate surface area is 150 Å². The van der Waals surface area contributed by atoms with Crippen LogP contribution in [0.1, 0.15) is 48.8 Å². The molecule has 1 atom stereocenters. The van der Waals surface area contributed by atoms with Crippen LogP contribution in [0.3, 0.4) is 0 Å². The number of nitrogens with one attached hydrogen (secondary N) is 1. The second-order valence-electron chi connectivity index (χ2n) is 7.05. The Morgan fingerprint density at radius 2 is 1.92 bits per heavy atom. The minimum Gasteiger partial charge on any atom is -0.354 e. The number of nitrogens with two attached hydrogens (primary N) is 1. The van der Waals surface area contributed by atoms with Crippen LogP contribution in [0.2, 0.25) is 0 Å². The van der Waals surface area contributed by atoms with Crippen LogP contribution in [0.5, 0.6) is 0 Å². The molecule has 0 radical (unpaired) electrons. The van der Waals surface area contributed by atoms with Crippen LogP contribution in [0.4, 0.5) is 0 Å². The number of hydrogen-bond acceptors (Lipinski definition) is 3. The number of rotatable bonds is 8. The van der Waals surface area contributed by atoms with E-state index in [1.165, 1.54) is 11.3 Å². The summed E-state index contributed by atoms with van der Waals surface area (Å²) in [6.07, 6.45) is 1.17. The smallest absolute Gasteiger partial charge is 0.220 e. The monoisotopic (exact) mass is 342 g/mol.